The van der Waals surface area contributed by atoms with E-state index in [-0.39, 0.29) is 0 Å². The summed E-state index contributed by atoms with van der Waals surface area (Å²) in [5, 5.41) is 0. The number of aryl methyl sites for hydroxylation is 1. The molecular weight excluding hydrogens is 196 g/mol. The van der Waals surface area contributed by atoms with Crippen molar-refractivity contribution in [3.63, 3.8) is 0 Å². The smallest absolute Gasteiger partial charge is 0.0299 e. The molecule has 2 fully saturated rings. The highest BCUT2D eigenvalue weighted by molar-refractivity contribution is 5.11. The average molecular weight is 216 g/mol. The van der Waals surface area contributed by atoms with Crippen molar-refractivity contribution in [1.29, 1.82) is 0 Å². The number of rotatable bonds is 3. The van der Waals surface area contributed by atoms with Crippen LogP contribution in [0.1, 0.15) is 37.7 Å². The SMILES string of the molecule is c1cncc(CCC23CCCN2CCC3)c1. The van der Waals surface area contributed by atoms with Crippen LogP contribution >= 0.6 is 0 Å². The van der Waals surface area contributed by atoms with Gasteiger partial charge < -0.3 is 0 Å². The van der Waals surface area contributed by atoms with Gasteiger partial charge in [-0.2, -0.15) is 0 Å². The van der Waals surface area contributed by atoms with Crippen LogP contribution < -0.4 is 0 Å². The molecular formula is C14H20N2. The van der Waals surface area contributed by atoms with E-state index in [2.05, 4.69) is 16.0 Å². The molecule has 0 aromatic carbocycles. The summed E-state index contributed by atoms with van der Waals surface area (Å²) in [4.78, 5) is 6.94. The Balaban J connectivity index is 1.66. The Morgan fingerprint density at radius 2 is 2.06 bits per heavy atom. The van der Waals surface area contributed by atoms with Gasteiger partial charge in [0.2, 0.25) is 0 Å². The summed E-state index contributed by atoms with van der Waals surface area (Å²) in [5.74, 6) is 0. The van der Waals surface area contributed by atoms with Crippen LogP contribution in [0, 0.1) is 0 Å². The van der Waals surface area contributed by atoms with Crippen LogP contribution in [0.25, 0.3) is 0 Å². The fourth-order valence-corrected chi connectivity index (χ4v) is 3.56. The lowest BCUT2D eigenvalue weighted by atomic mass is 9.87. The van der Waals surface area contributed by atoms with Crippen LogP contribution in [0.4, 0.5) is 0 Å². The van der Waals surface area contributed by atoms with Gasteiger partial charge in [0, 0.05) is 17.9 Å². The standard InChI is InChI=1S/C14H20N2/c1-4-13(12-15-9-1)5-8-14-6-2-10-16(14)11-3-7-14/h1,4,9,12H,2-3,5-8,10-11H2. The van der Waals surface area contributed by atoms with Crippen molar-refractivity contribution in [3.05, 3.63) is 30.1 Å². The summed E-state index contributed by atoms with van der Waals surface area (Å²) in [7, 11) is 0. The van der Waals surface area contributed by atoms with Gasteiger partial charge in [0.05, 0.1) is 0 Å². The maximum atomic E-state index is 4.20. The highest BCUT2D eigenvalue weighted by Gasteiger charge is 2.43. The molecule has 0 spiro atoms. The number of hydrogen-bond acceptors (Lipinski definition) is 2. The van der Waals surface area contributed by atoms with E-state index in [1.807, 2.05) is 18.5 Å². The van der Waals surface area contributed by atoms with E-state index >= 15 is 0 Å². The third-order valence-electron chi connectivity index (χ3n) is 4.41. The third-order valence-corrected chi connectivity index (χ3v) is 4.41. The summed E-state index contributed by atoms with van der Waals surface area (Å²) in [6.07, 6.45) is 12.1. The molecule has 0 aliphatic carbocycles. The van der Waals surface area contributed by atoms with E-state index in [0.717, 1.165) is 0 Å². The molecule has 1 aromatic heterocycles. The maximum absolute atomic E-state index is 4.20. The lowest BCUT2D eigenvalue weighted by molar-refractivity contribution is 0.182. The van der Waals surface area contributed by atoms with Crippen molar-refractivity contribution in [2.75, 3.05) is 13.1 Å². The Morgan fingerprint density at radius 1 is 1.25 bits per heavy atom. The van der Waals surface area contributed by atoms with Crippen molar-refractivity contribution < 1.29 is 0 Å². The van der Waals surface area contributed by atoms with Gasteiger partial charge in [-0.15, -0.1) is 0 Å². The minimum absolute atomic E-state index is 0.565. The minimum atomic E-state index is 0.565. The van der Waals surface area contributed by atoms with Crippen LogP contribution in [0.15, 0.2) is 24.5 Å². The van der Waals surface area contributed by atoms with Gasteiger partial charge in [-0.05, 0) is 63.2 Å². The number of hydrogen-bond donors (Lipinski definition) is 0. The van der Waals surface area contributed by atoms with Crippen molar-refractivity contribution in [1.82, 2.24) is 9.88 Å². The lowest BCUT2D eigenvalue weighted by Crippen LogP contribution is -2.38. The molecule has 3 rings (SSSR count). The van der Waals surface area contributed by atoms with Crippen molar-refractivity contribution >= 4 is 0 Å². The summed E-state index contributed by atoms with van der Waals surface area (Å²) < 4.78 is 0. The Labute approximate surface area is 97.7 Å². The van der Waals surface area contributed by atoms with Gasteiger partial charge in [0.15, 0.2) is 0 Å². The Hall–Kier alpha value is -0.890. The molecule has 2 saturated heterocycles. The molecule has 0 N–H and O–H groups in total. The lowest BCUT2D eigenvalue weighted by Gasteiger charge is -2.32. The fourth-order valence-electron chi connectivity index (χ4n) is 3.56. The summed E-state index contributed by atoms with van der Waals surface area (Å²) in [6, 6.07) is 4.26. The molecule has 0 saturated carbocycles. The van der Waals surface area contributed by atoms with Gasteiger partial charge in [0.1, 0.15) is 0 Å². The van der Waals surface area contributed by atoms with Gasteiger partial charge >= 0.3 is 0 Å². The molecule has 0 radical (unpaired) electrons. The normalized spacial score (nSPS) is 23.5. The molecule has 2 nitrogen and oxygen atoms in total. The van der Waals surface area contributed by atoms with Gasteiger partial charge in [-0.1, -0.05) is 6.07 Å². The van der Waals surface area contributed by atoms with E-state index < -0.39 is 0 Å². The Morgan fingerprint density at radius 3 is 2.75 bits per heavy atom. The zero-order valence-electron chi connectivity index (χ0n) is 9.86. The minimum Gasteiger partial charge on any atom is -0.298 e. The van der Waals surface area contributed by atoms with Crippen LogP contribution in [0.2, 0.25) is 0 Å². The molecule has 2 aliphatic heterocycles. The first-order valence-electron chi connectivity index (χ1n) is 6.53. The van der Waals surface area contributed by atoms with E-state index in [1.54, 1.807) is 0 Å². The Kier molecular flexibility index (Phi) is 2.68. The van der Waals surface area contributed by atoms with Crippen molar-refractivity contribution in [2.45, 2.75) is 44.1 Å². The highest BCUT2D eigenvalue weighted by Crippen LogP contribution is 2.41. The second-order valence-corrected chi connectivity index (χ2v) is 5.28. The number of nitrogens with zero attached hydrogens (tertiary/aromatic N) is 2. The number of fused-ring (bicyclic) bond motifs is 1. The van der Waals surface area contributed by atoms with Crippen molar-refractivity contribution in [3.8, 4) is 0 Å². The second-order valence-electron chi connectivity index (χ2n) is 5.28. The van der Waals surface area contributed by atoms with E-state index in [4.69, 9.17) is 0 Å². The molecule has 2 heteroatoms. The molecule has 1 aromatic rings. The molecule has 3 heterocycles. The monoisotopic (exact) mass is 216 g/mol. The van der Waals surface area contributed by atoms with E-state index in [1.165, 1.54) is 57.2 Å². The quantitative estimate of drug-likeness (QED) is 0.772. The molecule has 0 unspecified atom stereocenters. The highest BCUT2D eigenvalue weighted by atomic mass is 15.2. The topological polar surface area (TPSA) is 16.1 Å². The van der Waals surface area contributed by atoms with Crippen LogP contribution in [0.5, 0.6) is 0 Å². The predicted molar refractivity (Wildman–Crippen MR) is 65.3 cm³/mol. The maximum Gasteiger partial charge on any atom is 0.0299 e. The number of pyridine rings is 1. The zero-order valence-corrected chi connectivity index (χ0v) is 9.86. The first-order valence-corrected chi connectivity index (χ1v) is 6.53. The van der Waals surface area contributed by atoms with E-state index in [9.17, 15) is 0 Å². The van der Waals surface area contributed by atoms with Gasteiger partial charge in [0.25, 0.3) is 0 Å². The molecule has 0 amide bonds. The van der Waals surface area contributed by atoms with E-state index in [0.29, 0.717) is 5.54 Å². The summed E-state index contributed by atoms with van der Waals surface area (Å²) in [5.41, 5.74) is 1.96. The van der Waals surface area contributed by atoms with Crippen LogP contribution in [0.3, 0.4) is 0 Å². The van der Waals surface area contributed by atoms with Crippen LogP contribution in [-0.4, -0.2) is 28.5 Å². The zero-order chi connectivity index (χ0) is 10.8. The summed E-state index contributed by atoms with van der Waals surface area (Å²) in [6.45, 7) is 2.68. The fraction of sp³-hybridized carbons (Fsp3) is 0.643. The number of aromatic nitrogens is 1. The van der Waals surface area contributed by atoms with Gasteiger partial charge in [-0.25, -0.2) is 0 Å². The van der Waals surface area contributed by atoms with Crippen molar-refractivity contribution in [2.24, 2.45) is 0 Å². The van der Waals surface area contributed by atoms with Gasteiger partial charge in [-0.3, -0.25) is 9.88 Å². The molecule has 16 heavy (non-hydrogen) atoms. The summed E-state index contributed by atoms with van der Waals surface area (Å²) >= 11 is 0. The third kappa shape index (κ3) is 1.75. The predicted octanol–water partition coefficient (Wildman–Crippen LogP) is 2.64. The first kappa shape index (κ1) is 10.3. The largest absolute Gasteiger partial charge is 0.298 e. The second kappa shape index (κ2) is 4.17. The Bertz CT molecular complexity index is 337. The molecule has 86 valence electrons. The van der Waals surface area contributed by atoms with Crippen LogP contribution in [-0.2, 0) is 6.42 Å². The molecule has 0 atom stereocenters. The first-order chi connectivity index (χ1) is 7.89. The molecule has 2 aliphatic rings. The average Bonchev–Trinajstić information content (AvgIpc) is 2.87. The molecule has 0 bridgehead atoms.